The minimum absolute atomic E-state index is 0.121. The zero-order valence-corrected chi connectivity index (χ0v) is 21.5. The highest BCUT2D eigenvalue weighted by molar-refractivity contribution is 7.87. The van der Waals surface area contributed by atoms with Crippen LogP contribution in [0.25, 0.3) is 0 Å². The maximum atomic E-state index is 13.3. The maximum absolute atomic E-state index is 13.3. The summed E-state index contributed by atoms with van der Waals surface area (Å²) in [5.74, 6) is -0.531. The molecule has 0 saturated heterocycles. The zero-order valence-electron chi connectivity index (χ0n) is 20.7. The third-order valence-corrected chi connectivity index (χ3v) is 7.21. The summed E-state index contributed by atoms with van der Waals surface area (Å²) in [6.07, 6.45) is -4.11. The van der Waals surface area contributed by atoms with Crippen LogP contribution in [0.5, 0.6) is 5.75 Å². The minimum atomic E-state index is -4.71. The number of halogens is 3. The van der Waals surface area contributed by atoms with Crippen LogP contribution in [0.1, 0.15) is 47.3 Å². The molecule has 1 atom stereocenters. The summed E-state index contributed by atoms with van der Waals surface area (Å²) in [5, 5.41) is 11.3. The molecule has 0 fully saturated rings. The van der Waals surface area contributed by atoms with Crippen LogP contribution < -0.4 is 4.18 Å². The molecule has 0 N–H and O–H groups in total. The van der Waals surface area contributed by atoms with Gasteiger partial charge in [-0.2, -0.15) is 21.6 Å². The number of carbonyl (C=O) groups is 1. The highest BCUT2D eigenvalue weighted by atomic mass is 32.2. The molecular weight excluding hydrogens is 525 g/mol. The molecule has 0 radical (unpaired) electrons. The van der Waals surface area contributed by atoms with Crippen molar-refractivity contribution in [2.75, 3.05) is 0 Å². The van der Waals surface area contributed by atoms with Crippen molar-refractivity contribution in [2.45, 2.75) is 50.9 Å². The lowest BCUT2D eigenvalue weighted by atomic mass is 10.1. The fourth-order valence-corrected chi connectivity index (χ4v) is 4.58. The second kappa shape index (κ2) is 11.2. The number of benzene rings is 3. The van der Waals surface area contributed by atoms with Crippen LogP contribution in [0.4, 0.5) is 18.9 Å². The van der Waals surface area contributed by atoms with Gasteiger partial charge in [-0.1, -0.05) is 31.2 Å². The normalized spacial score (nSPS) is 12.6. The zero-order chi connectivity index (χ0) is 28.3. The SMILES string of the molecule is CCC(C)N(Cc1ccc(OS(=O)(=O)c2cccc(C(F)(F)F)c2)cc1)C(=O)c1ccc(C)c([N+](=O)[O-])c1. The molecule has 0 heterocycles. The number of amides is 1. The van der Waals surface area contributed by atoms with Crippen molar-refractivity contribution in [3.05, 3.63) is 99.1 Å². The van der Waals surface area contributed by atoms with Crippen molar-refractivity contribution in [3.8, 4) is 5.75 Å². The summed E-state index contributed by atoms with van der Waals surface area (Å²) in [7, 11) is -4.53. The molecule has 202 valence electrons. The van der Waals surface area contributed by atoms with Gasteiger partial charge in [0.15, 0.2) is 0 Å². The second-order valence-electron chi connectivity index (χ2n) is 8.66. The molecule has 1 unspecified atom stereocenters. The topological polar surface area (TPSA) is 107 Å². The van der Waals surface area contributed by atoms with E-state index in [1.54, 1.807) is 11.8 Å². The number of hydrogen-bond acceptors (Lipinski definition) is 6. The Bertz CT molecular complexity index is 1440. The average molecular weight is 551 g/mol. The fourth-order valence-electron chi connectivity index (χ4n) is 3.60. The smallest absolute Gasteiger partial charge is 0.379 e. The number of nitro groups is 1. The summed E-state index contributed by atoms with van der Waals surface area (Å²) in [6, 6.07) is 13.0. The Balaban J connectivity index is 1.81. The first-order chi connectivity index (χ1) is 17.7. The first-order valence-corrected chi connectivity index (χ1v) is 12.9. The molecule has 0 aliphatic heterocycles. The highest BCUT2D eigenvalue weighted by Crippen LogP contribution is 2.31. The van der Waals surface area contributed by atoms with Gasteiger partial charge in [0.1, 0.15) is 10.6 Å². The summed E-state index contributed by atoms with van der Waals surface area (Å²) in [4.78, 5) is 24.9. The van der Waals surface area contributed by atoms with E-state index in [9.17, 15) is 36.5 Å². The minimum Gasteiger partial charge on any atom is -0.379 e. The van der Waals surface area contributed by atoms with E-state index in [4.69, 9.17) is 4.18 Å². The van der Waals surface area contributed by atoms with E-state index in [1.165, 1.54) is 42.5 Å². The highest BCUT2D eigenvalue weighted by Gasteiger charge is 2.32. The number of nitro benzene ring substituents is 1. The van der Waals surface area contributed by atoms with E-state index in [1.807, 2.05) is 13.8 Å². The molecule has 1 amide bonds. The molecule has 0 aliphatic rings. The lowest BCUT2D eigenvalue weighted by molar-refractivity contribution is -0.385. The fraction of sp³-hybridized carbons (Fsp3) is 0.269. The predicted octanol–water partition coefficient (Wildman–Crippen LogP) is 6.13. The van der Waals surface area contributed by atoms with Crippen molar-refractivity contribution >= 4 is 21.7 Å². The van der Waals surface area contributed by atoms with Gasteiger partial charge < -0.3 is 9.08 Å². The molecule has 0 bridgehead atoms. The van der Waals surface area contributed by atoms with Gasteiger partial charge in [-0.05, 0) is 62.2 Å². The van der Waals surface area contributed by atoms with Crippen LogP contribution in [0.15, 0.2) is 71.6 Å². The first-order valence-electron chi connectivity index (χ1n) is 11.5. The van der Waals surface area contributed by atoms with Crippen LogP contribution in [0.3, 0.4) is 0 Å². The molecule has 12 heteroatoms. The third-order valence-electron chi connectivity index (χ3n) is 5.97. The predicted molar refractivity (Wildman–Crippen MR) is 133 cm³/mol. The van der Waals surface area contributed by atoms with E-state index in [0.29, 0.717) is 23.6 Å². The Kier molecular flexibility index (Phi) is 8.45. The third kappa shape index (κ3) is 6.68. The average Bonchev–Trinajstić information content (AvgIpc) is 2.87. The van der Waals surface area contributed by atoms with Crippen molar-refractivity contribution in [1.29, 1.82) is 0 Å². The molecule has 0 aliphatic carbocycles. The van der Waals surface area contributed by atoms with Gasteiger partial charge >= 0.3 is 16.3 Å². The molecule has 0 aromatic heterocycles. The Morgan fingerprint density at radius 3 is 2.32 bits per heavy atom. The lowest BCUT2D eigenvalue weighted by Gasteiger charge is -2.29. The van der Waals surface area contributed by atoms with Gasteiger partial charge in [0.05, 0.1) is 10.5 Å². The van der Waals surface area contributed by atoms with E-state index in [-0.39, 0.29) is 29.6 Å². The molecule has 0 saturated carbocycles. The standard InChI is InChI=1S/C26H25F3N2O6S/c1-4-18(3)30(25(32)20-11-8-17(2)24(14-20)31(33)34)16-19-9-12-22(13-10-19)37-38(35,36)23-7-5-6-21(15-23)26(27,28)29/h5-15,18H,4,16H2,1-3H3. The van der Waals surface area contributed by atoms with Gasteiger partial charge in [-0.15, -0.1) is 0 Å². The molecule has 3 rings (SSSR count). The number of rotatable bonds is 9. The maximum Gasteiger partial charge on any atom is 0.416 e. The summed E-state index contributed by atoms with van der Waals surface area (Å²) < 4.78 is 68.9. The van der Waals surface area contributed by atoms with Crippen LogP contribution in [0.2, 0.25) is 0 Å². The van der Waals surface area contributed by atoms with Gasteiger partial charge in [0.25, 0.3) is 11.6 Å². The number of hydrogen-bond donors (Lipinski definition) is 0. The van der Waals surface area contributed by atoms with E-state index >= 15 is 0 Å². The molecule has 8 nitrogen and oxygen atoms in total. The van der Waals surface area contributed by atoms with E-state index in [0.717, 1.165) is 18.2 Å². The molecular formula is C26H25F3N2O6S. The first kappa shape index (κ1) is 28.6. The number of carbonyl (C=O) groups excluding carboxylic acids is 1. The summed E-state index contributed by atoms with van der Waals surface area (Å²) in [5.41, 5.74) is -0.0780. The molecule has 3 aromatic rings. The van der Waals surface area contributed by atoms with Crippen LogP contribution in [0, 0.1) is 17.0 Å². The lowest BCUT2D eigenvalue weighted by Crippen LogP contribution is -2.37. The summed E-state index contributed by atoms with van der Waals surface area (Å²) in [6.45, 7) is 5.42. The van der Waals surface area contributed by atoms with E-state index < -0.39 is 37.6 Å². The Hall–Kier alpha value is -3.93. The monoisotopic (exact) mass is 550 g/mol. The number of aryl methyl sites for hydroxylation is 1. The molecule has 3 aromatic carbocycles. The Labute approximate surface area is 217 Å². The quantitative estimate of drug-likeness (QED) is 0.180. The van der Waals surface area contributed by atoms with Gasteiger partial charge in [-0.3, -0.25) is 14.9 Å². The van der Waals surface area contributed by atoms with Crippen LogP contribution in [-0.2, 0) is 22.8 Å². The van der Waals surface area contributed by atoms with Gasteiger partial charge in [0.2, 0.25) is 0 Å². The van der Waals surface area contributed by atoms with E-state index in [2.05, 4.69) is 0 Å². The molecule has 0 spiro atoms. The van der Waals surface area contributed by atoms with Crippen LogP contribution in [-0.4, -0.2) is 30.2 Å². The van der Waals surface area contributed by atoms with Gasteiger partial charge in [0, 0.05) is 29.8 Å². The Morgan fingerprint density at radius 2 is 1.74 bits per heavy atom. The largest absolute Gasteiger partial charge is 0.416 e. The summed E-state index contributed by atoms with van der Waals surface area (Å²) >= 11 is 0. The van der Waals surface area contributed by atoms with Crippen molar-refractivity contribution in [1.82, 2.24) is 4.90 Å². The second-order valence-corrected chi connectivity index (χ2v) is 10.2. The number of alkyl halides is 3. The van der Waals surface area contributed by atoms with Crippen molar-refractivity contribution in [3.63, 3.8) is 0 Å². The van der Waals surface area contributed by atoms with Crippen molar-refractivity contribution in [2.24, 2.45) is 0 Å². The Morgan fingerprint density at radius 1 is 1.08 bits per heavy atom. The van der Waals surface area contributed by atoms with Crippen LogP contribution >= 0.6 is 0 Å². The van der Waals surface area contributed by atoms with Gasteiger partial charge in [-0.25, -0.2) is 0 Å². The molecule has 38 heavy (non-hydrogen) atoms. The number of nitrogens with zero attached hydrogens (tertiary/aromatic N) is 2. The van der Waals surface area contributed by atoms with Crippen molar-refractivity contribution < 1.29 is 35.5 Å².